The zero-order valence-electron chi connectivity index (χ0n) is 10.6. The Bertz CT molecular complexity index is 383. The van der Waals surface area contributed by atoms with Gasteiger partial charge in [0.25, 0.3) is 0 Å². The fourth-order valence-electron chi connectivity index (χ4n) is 1.83. The first-order valence-electron chi connectivity index (χ1n) is 5.92. The second-order valence-corrected chi connectivity index (χ2v) is 6.34. The van der Waals surface area contributed by atoms with Crippen LogP contribution in [0, 0.1) is 5.41 Å². The van der Waals surface area contributed by atoms with Crippen molar-refractivity contribution in [3.8, 4) is 0 Å². The number of thiazole rings is 1. The Kier molecular flexibility index (Phi) is 3.38. The van der Waals surface area contributed by atoms with E-state index >= 15 is 0 Å². The van der Waals surface area contributed by atoms with Gasteiger partial charge in [-0.1, -0.05) is 20.8 Å². The Balaban J connectivity index is 1.89. The van der Waals surface area contributed by atoms with Crippen LogP contribution < -0.4 is 10.2 Å². The third kappa shape index (κ3) is 2.97. The SMILES string of the molecule is CC(C)(C)C(=O)NC1CCN(c2nccs2)C1. The van der Waals surface area contributed by atoms with E-state index in [0.717, 1.165) is 24.6 Å². The molecule has 0 radical (unpaired) electrons. The van der Waals surface area contributed by atoms with Gasteiger partial charge in [-0.05, 0) is 6.42 Å². The summed E-state index contributed by atoms with van der Waals surface area (Å²) in [5, 5.41) is 6.14. The molecule has 0 aromatic carbocycles. The summed E-state index contributed by atoms with van der Waals surface area (Å²) >= 11 is 1.65. The molecule has 0 spiro atoms. The van der Waals surface area contributed by atoms with Crippen LogP contribution in [-0.4, -0.2) is 30.0 Å². The van der Waals surface area contributed by atoms with Crippen molar-refractivity contribution in [2.24, 2.45) is 5.41 Å². The van der Waals surface area contributed by atoms with Gasteiger partial charge in [-0.3, -0.25) is 4.79 Å². The normalized spacial score (nSPS) is 20.6. The molecule has 1 amide bonds. The van der Waals surface area contributed by atoms with Crippen molar-refractivity contribution in [1.29, 1.82) is 0 Å². The van der Waals surface area contributed by atoms with E-state index in [0.29, 0.717) is 0 Å². The number of anilines is 1. The zero-order chi connectivity index (χ0) is 12.5. The van der Waals surface area contributed by atoms with Gasteiger partial charge >= 0.3 is 0 Å². The van der Waals surface area contributed by atoms with E-state index in [1.54, 1.807) is 11.3 Å². The highest BCUT2D eigenvalue weighted by Gasteiger charge is 2.29. The van der Waals surface area contributed by atoms with Gasteiger partial charge in [-0.2, -0.15) is 0 Å². The molecule has 1 aromatic heterocycles. The molecule has 1 saturated heterocycles. The van der Waals surface area contributed by atoms with Crippen LogP contribution in [0.4, 0.5) is 5.13 Å². The van der Waals surface area contributed by atoms with Crippen molar-refractivity contribution in [3.05, 3.63) is 11.6 Å². The monoisotopic (exact) mass is 253 g/mol. The highest BCUT2D eigenvalue weighted by Crippen LogP contribution is 2.23. The second kappa shape index (κ2) is 4.64. The van der Waals surface area contributed by atoms with Crippen LogP contribution in [-0.2, 0) is 4.79 Å². The summed E-state index contributed by atoms with van der Waals surface area (Å²) in [5.41, 5.74) is -0.311. The molecule has 5 heteroatoms. The number of aromatic nitrogens is 1. The van der Waals surface area contributed by atoms with E-state index in [1.165, 1.54) is 0 Å². The lowest BCUT2D eigenvalue weighted by Gasteiger charge is -2.21. The maximum Gasteiger partial charge on any atom is 0.225 e. The van der Waals surface area contributed by atoms with Crippen LogP contribution in [0.1, 0.15) is 27.2 Å². The fourth-order valence-corrected chi connectivity index (χ4v) is 2.51. The van der Waals surface area contributed by atoms with Gasteiger partial charge in [0.1, 0.15) is 0 Å². The smallest absolute Gasteiger partial charge is 0.225 e. The molecule has 1 unspecified atom stereocenters. The summed E-state index contributed by atoms with van der Waals surface area (Å²) in [6, 6.07) is 0.255. The molecule has 17 heavy (non-hydrogen) atoms. The van der Waals surface area contributed by atoms with Gasteiger partial charge in [0.2, 0.25) is 5.91 Å². The summed E-state index contributed by atoms with van der Waals surface area (Å²) in [6.07, 6.45) is 2.82. The minimum Gasteiger partial charge on any atom is -0.351 e. The molecule has 1 aromatic rings. The molecule has 0 bridgehead atoms. The molecule has 0 aliphatic carbocycles. The van der Waals surface area contributed by atoms with E-state index in [-0.39, 0.29) is 17.4 Å². The number of hydrogen-bond donors (Lipinski definition) is 1. The van der Waals surface area contributed by atoms with Crippen LogP contribution in [0.2, 0.25) is 0 Å². The summed E-state index contributed by atoms with van der Waals surface area (Å²) < 4.78 is 0. The molecule has 2 rings (SSSR count). The van der Waals surface area contributed by atoms with E-state index in [2.05, 4.69) is 15.2 Å². The summed E-state index contributed by atoms with van der Waals surface area (Å²) in [4.78, 5) is 18.4. The molecule has 2 heterocycles. The minimum absolute atomic E-state index is 0.128. The first kappa shape index (κ1) is 12.4. The summed E-state index contributed by atoms with van der Waals surface area (Å²) in [5.74, 6) is 0.128. The first-order valence-corrected chi connectivity index (χ1v) is 6.80. The highest BCUT2D eigenvalue weighted by molar-refractivity contribution is 7.13. The number of nitrogens with zero attached hydrogens (tertiary/aromatic N) is 2. The third-order valence-corrected chi connectivity index (χ3v) is 3.73. The highest BCUT2D eigenvalue weighted by atomic mass is 32.1. The van der Waals surface area contributed by atoms with Crippen LogP contribution in [0.15, 0.2) is 11.6 Å². The molecular weight excluding hydrogens is 234 g/mol. The molecule has 1 aliphatic rings. The van der Waals surface area contributed by atoms with Gasteiger partial charge in [0.05, 0.1) is 0 Å². The van der Waals surface area contributed by atoms with Crippen molar-refractivity contribution < 1.29 is 4.79 Å². The van der Waals surface area contributed by atoms with Gasteiger partial charge in [0, 0.05) is 36.1 Å². The Morgan fingerprint density at radius 2 is 2.35 bits per heavy atom. The standard InChI is InChI=1S/C12H19N3OS/c1-12(2,3)10(16)14-9-4-6-15(8-9)11-13-5-7-17-11/h5,7,9H,4,6,8H2,1-3H3,(H,14,16). The van der Waals surface area contributed by atoms with E-state index in [9.17, 15) is 4.79 Å². The van der Waals surface area contributed by atoms with Gasteiger partial charge < -0.3 is 10.2 Å². The van der Waals surface area contributed by atoms with Crippen molar-refractivity contribution in [2.75, 3.05) is 18.0 Å². The van der Waals surface area contributed by atoms with Crippen LogP contribution in [0.25, 0.3) is 0 Å². The van der Waals surface area contributed by atoms with Crippen molar-refractivity contribution >= 4 is 22.4 Å². The summed E-state index contributed by atoms with van der Waals surface area (Å²) in [6.45, 7) is 7.67. The Hall–Kier alpha value is -1.10. The van der Waals surface area contributed by atoms with Crippen LogP contribution >= 0.6 is 11.3 Å². The lowest BCUT2D eigenvalue weighted by atomic mass is 9.95. The zero-order valence-corrected chi connectivity index (χ0v) is 11.4. The van der Waals surface area contributed by atoms with Gasteiger partial charge in [-0.25, -0.2) is 4.98 Å². The van der Waals surface area contributed by atoms with E-state index < -0.39 is 0 Å². The Morgan fingerprint density at radius 1 is 1.59 bits per heavy atom. The molecule has 94 valence electrons. The van der Waals surface area contributed by atoms with E-state index in [1.807, 2.05) is 32.3 Å². The third-order valence-electron chi connectivity index (χ3n) is 2.89. The fraction of sp³-hybridized carbons (Fsp3) is 0.667. The number of carbonyl (C=O) groups is 1. The molecule has 1 atom stereocenters. The number of rotatable bonds is 2. The van der Waals surface area contributed by atoms with Crippen molar-refractivity contribution in [3.63, 3.8) is 0 Å². The predicted octanol–water partition coefficient (Wildman–Crippen LogP) is 1.88. The second-order valence-electron chi connectivity index (χ2n) is 5.47. The van der Waals surface area contributed by atoms with Crippen LogP contribution in [0.5, 0.6) is 0 Å². The number of nitrogens with one attached hydrogen (secondary N) is 1. The summed E-state index contributed by atoms with van der Waals surface area (Å²) in [7, 11) is 0. The number of hydrogen-bond acceptors (Lipinski definition) is 4. The molecular formula is C12H19N3OS. The average molecular weight is 253 g/mol. The van der Waals surface area contributed by atoms with Gasteiger partial charge in [0.15, 0.2) is 5.13 Å². The van der Waals surface area contributed by atoms with E-state index in [4.69, 9.17) is 0 Å². The topological polar surface area (TPSA) is 45.2 Å². The average Bonchev–Trinajstić information content (AvgIpc) is 2.83. The molecule has 1 fully saturated rings. The number of carbonyl (C=O) groups excluding carboxylic acids is 1. The lowest BCUT2D eigenvalue weighted by molar-refractivity contribution is -0.129. The Labute approximate surface area is 106 Å². The number of amides is 1. The predicted molar refractivity (Wildman–Crippen MR) is 70.3 cm³/mol. The van der Waals surface area contributed by atoms with Crippen molar-refractivity contribution in [2.45, 2.75) is 33.2 Å². The Morgan fingerprint density at radius 3 is 2.94 bits per heavy atom. The molecule has 1 N–H and O–H groups in total. The largest absolute Gasteiger partial charge is 0.351 e. The van der Waals surface area contributed by atoms with Crippen molar-refractivity contribution in [1.82, 2.24) is 10.3 Å². The lowest BCUT2D eigenvalue weighted by Crippen LogP contribution is -2.43. The first-order chi connectivity index (χ1) is 7.97. The van der Waals surface area contributed by atoms with Gasteiger partial charge in [-0.15, -0.1) is 11.3 Å². The van der Waals surface area contributed by atoms with Crippen LogP contribution in [0.3, 0.4) is 0 Å². The minimum atomic E-state index is -0.311. The quantitative estimate of drug-likeness (QED) is 0.875. The molecule has 0 saturated carbocycles. The maximum atomic E-state index is 11.9. The molecule has 1 aliphatic heterocycles. The maximum absolute atomic E-state index is 11.9. The molecule has 4 nitrogen and oxygen atoms in total.